The molecule has 0 aromatic heterocycles. The van der Waals surface area contributed by atoms with Gasteiger partial charge in [0, 0.05) is 19.5 Å². The van der Waals surface area contributed by atoms with Crippen LogP contribution >= 0.6 is 0 Å². The smallest absolute Gasteiger partial charge is 0.308 e. The van der Waals surface area contributed by atoms with E-state index in [-0.39, 0.29) is 11.8 Å². The number of carbonyl (C=O) groups is 2. The molecule has 1 amide bonds. The third-order valence-electron chi connectivity index (χ3n) is 3.13. The molecule has 1 rings (SSSR count). The molecule has 0 radical (unpaired) electrons. The lowest BCUT2D eigenvalue weighted by Gasteiger charge is -2.15. The zero-order valence-corrected chi connectivity index (χ0v) is 9.95. The average Bonchev–Trinajstić information content (AvgIpc) is 2.73. The van der Waals surface area contributed by atoms with Crippen LogP contribution < -0.4 is 0 Å². The van der Waals surface area contributed by atoms with E-state index in [2.05, 4.69) is 6.92 Å². The number of hydrogen-bond acceptors (Lipinski definition) is 2. The normalized spacial score (nSPS) is 20.1. The number of aliphatic carboxylic acids is 1. The number of rotatable bonds is 6. The van der Waals surface area contributed by atoms with Crippen LogP contribution in [0.25, 0.3) is 0 Å². The van der Waals surface area contributed by atoms with Crippen molar-refractivity contribution in [2.45, 2.75) is 45.4 Å². The molecule has 0 aromatic rings. The fourth-order valence-electron chi connectivity index (χ4n) is 2.05. The quantitative estimate of drug-likeness (QED) is 0.705. The molecule has 1 aliphatic heterocycles. The standard InChI is InChI=1S/C12H21NO3/c1-2-3-4-5-6-11(14)13-8-7-10(9-13)12(15)16/h10H,2-9H2,1H3,(H,15,16). The van der Waals surface area contributed by atoms with E-state index in [1.807, 2.05) is 0 Å². The highest BCUT2D eigenvalue weighted by Gasteiger charge is 2.30. The van der Waals surface area contributed by atoms with E-state index >= 15 is 0 Å². The Kier molecular flexibility index (Phi) is 5.29. The average molecular weight is 227 g/mol. The molecule has 1 N–H and O–H groups in total. The molecule has 1 unspecified atom stereocenters. The first kappa shape index (κ1) is 13.0. The Morgan fingerprint density at radius 3 is 2.62 bits per heavy atom. The second kappa shape index (κ2) is 6.51. The predicted octanol–water partition coefficient (Wildman–Crippen LogP) is 1.89. The van der Waals surface area contributed by atoms with Crippen molar-refractivity contribution in [3.63, 3.8) is 0 Å². The van der Waals surface area contributed by atoms with Crippen molar-refractivity contribution < 1.29 is 14.7 Å². The Hall–Kier alpha value is -1.06. The zero-order chi connectivity index (χ0) is 12.0. The van der Waals surface area contributed by atoms with Crippen molar-refractivity contribution in [2.24, 2.45) is 5.92 Å². The van der Waals surface area contributed by atoms with Gasteiger partial charge in [-0.2, -0.15) is 0 Å². The van der Waals surface area contributed by atoms with Crippen LogP contribution in [0.4, 0.5) is 0 Å². The zero-order valence-electron chi connectivity index (χ0n) is 9.95. The van der Waals surface area contributed by atoms with Gasteiger partial charge in [-0.25, -0.2) is 0 Å². The number of nitrogens with zero attached hydrogens (tertiary/aromatic N) is 1. The Morgan fingerprint density at radius 1 is 1.31 bits per heavy atom. The van der Waals surface area contributed by atoms with E-state index in [9.17, 15) is 9.59 Å². The van der Waals surface area contributed by atoms with Crippen LogP contribution in [-0.4, -0.2) is 35.0 Å². The van der Waals surface area contributed by atoms with Crippen molar-refractivity contribution in [2.75, 3.05) is 13.1 Å². The van der Waals surface area contributed by atoms with E-state index in [0.717, 1.165) is 12.8 Å². The molecule has 0 aliphatic carbocycles. The minimum atomic E-state index is -0.777. The maximum Gasteiger partial charge on any atom is 0.308 e. The van der Waals surface area contributed by atoms with Gasteiger partial charge in [0.2, 0.25) is 5.91 Å². The molecule has 16 heavy (non-hydrogen) atoms. The van der Waals surface area contributed by atoms with E-state index < -0.39 is 5.97 Å². The number of likely N-dealkylation sites (tertiary alicyclic amines) is 1. The Morgan fingerprint density at radius 2 is 2.06 bits per heavy atom. The molecule has 4 nitrogen and oxygen atoms in total. The summed E-state index contributed by atoms with van der Waals surface area (Å²) in [4.78, 5) is 24.1. The van der Waals surface area contributed by atoms with Gasteiger partial charge in [-0.1, -0.05) is 26.2 Å². The van der Waals surface area contributed by atoms with Crippen molar-refractivity contribution in [1.29, 1.82) is 0 Å². The molecule has 0 saturated carbocycles. The van der Waals surface area contributed by atoms with E-state index in [1.165, 1.54) is 12.8 Å². The van der Waals surface area contributed by atoms with Gasteiger partial charge in [0.15, 0.2) is 0 Å². The van der Waals surface area contributed by atoms with Gasteiger partial charge in [-0.3, -0.25) is 9.59 Å². The van der Waals surface area contributed by atoms with Gasteiger partial charge in [0.25, 0.3) is 0 Å². The lowest BCUT2D eigenvalue weighted by Crippen LogP contribution is -2.29. The van der Waals surface area contributed by atoms with Crippen LogP contribution in [-0.2, 0) is 9.59 Å². The lowest BCUT2D eigenvalue weighted by atomic mass is 10.1. The van der Waals surface area contributed by atoms with E-state index in [0.29, 0.717) is 25.9 Å². The summed E-state index contributed by atoms with van der Waals surface area (Å²) in [7, 11) is 0. The first-order valence-electron chi connectivity index (χ1n) is 6.15. The number of unbranched alkanes of at least 4 members (excludes halogenated alkanes) is 3. The third-order valence-corrected chi connectivity index (χ3v) is 3.13. The molecule has 4 heteroatoms. The molecular formula is C12H21NO3. The number of hydrogen-bond donors (Lipinski definition) is 1. The van der Waals surface area contributed by atoms with Crippen LogP contribution in [0.5, 0.6) is 0 Å². The van der Waals surface area contributed by atoms with Crippen LogP contribution in [0.3, 0.4) is 0 Å². The molecule has 0 bridgehead atoms. The summed E-state index contributed by atoms with van der Waals surface area (Å²) in [6, 6.07) is 0. The summed E-state index contributed by atoms with van der Waals surface area (Å²) >= 11 is 0. The number of carbonyl (C=O) groups excluding carboxylic acids is 1. The van der Waals surface area contributed by atoms with E-state index in [4.69, 9.17) is 5.11 Å². The molecule has 1 aliphatic rings. The van der Waals surface area contributed by atoms with E-state index in [1.54, 1.807) is 4.90 Å². The highest BCUT2D eigenvalue weighted by molar-refractivity contribution is 5.78. The second-order valence-corrected chi connectivity index (χ2v) is 4.47. The summed E-state index contributed by atoms with van der Waals surface area (Å²) in [6.45, 7) is 3.16. The molecule has 1 saturated heterocycles. The van der Waals surface area contributed by atoms with Gasteiger partial charge < -0.3 is 10.0 Å². The Bertz CT molecular complexity index is 253. The highest BCUT2D eigenvalue weighted by Crippen LogP contribution is 2.18. The fourth-order valence-corrected chi connectivity index (χ4v) is 2.05. The topological polar surface area (TPSA) is 57.6 Å². The fraction of sp³-hybridized carbons (Fsp3) is 0.833. The van der Waals surface area contributed by atoms with Crippen LogP contribution in [0.2, 0.25) is 0 Å². The third kappa shape index (κ3) is 3.83. The maximum absolute atomic E-state index is 11.7. The molecule has 1 fully saturated rings. The van der Waals surface area contributed by atoms with Gasteiger partial charge >= 0.3 is 5.97 Å². The molecule has 1 atom stereocenters. The number of carboxylic acids is 1. The van der Waals surface area contributed by atoms with Crippen LogP contribution in [0.1, 0.15) is 45.4 Å². The summed E-state index contributed by atoms with van der Waals surface area (Å²) in [5, 5.41) is 8.82. The largest absolute Gasteiger partial charge is 0.481 e. The first-order chi connectivity index (χ1) is 7.65. The molecule has 0 aromatic carbocycles. The summed E-state index contributed by atoms with van der Waals surface area (Å²) in [5.74, 6) is -0.999. The van der Waals surface area contributed by atoms with Gasteiger partial charge in [0.1, 0.15) is 0 Å². The molecule has 1 heterocycles. The summed E-state index contributed by atoms with van der Waals surface area (Å²) in [6.07, 6.45) is 5.55. The van der Waals surface area contributed by atoms with Gasteiger partial charge in [-0.15, -0.1) is 0 Å². The summed E-state index contributed by atoms with van der Waals surface area (Å²) < 4.78 is 0. The minimum absolute atomic E-state index is 0.125. The minimum Gasteiger partial charge on any atom is -0.481 e. The van der Waals surface area contributed by atoms with Crippen LogP contribution in [0, 0.1) is 5.92 Å². The summed E-state index contributed by atoms with van der Waals surface area (Å²) in [5.41, 5.74) is 0. The molecular weight excluding hydrogens is 206 g/mol. The Labute approximate surface area is 96.6 Å². The van der Waals surface area contributed by atoms with Gasteiger partial charge in [-0.05, 0) is 12.8 Å². The predicted molar refractivity (Wildman–Crippen MR) is 61.1 cm³/mol. The van der Waals surface area contributed by atoms with Crippen LogP contribution in [0.15, 0.2) is 0 Å². The molecule has 92 valence electrons. The SMILES string of the molecule is CCCCCCC(=O)N1CCC(C(=O)O)C1. The second-order valence-electron chi connectivity index (χ2n) is 4.47. The Balaban J connectivity index is 2.20. The van der Waals surface area contributed by atoms with Crippen molar-refractivity contribution in [3.8, 4) is 0 Å². The van der Waals surface area contributed by atoms with Crippen molar-refractivity contribution >= 4 is 11.9 Å². The molecule has 0 spiro atoms. The number of amides is 1. The van der Waals surface area contributed by atoms with Gasteiger partial charge in [0.05, 0.1) is 5.92 Å². The van der Waals surface area contributed by atoms with Crippen molar-refractivity contribution in [1.82, 2.24) is 4.90 Å². The van der Waals surface area contributed by atoms with Crippen molar-refractivity contribution in [3.05, 3.63) is 0 Å². The maximum atomic E-state index is 11.7. The monoisotopic (exact) mass is 227 g/mol. The first-order valence-corrected chi connectivity index (χ1v) is 6.15. The number of carboxylic acid groups (broad SMARTS) is 1. The lowest BCUT2D eigenvalue weighted by molar-refractivity contribution is -0.141. The highest BCUT2D eigenvalue weighted by atomic mass is 16.4.